The number of hydrogen-bond donors (Lipinski definition) is 0. The zero-order valence-corrected chi connectivity index (χ0v) is 35.7. The van der Waals surface area contributed by atoms with Gasteiger partial charge in [0.2, 0.25) is 0 Å². The van der Waals surface area contributed by atoms with Crippen molar-refractivity contribution >= 4 is 82.9 Å². The normalized spacial score (nSPS) is 11.6. The van der Waals surface area contributed by atoms with Crippen molar-refractivity contribution in [3.8, 4) is 33.4 Å². The van der Waals surface area contributed by atoms with Gasteiger partial charge in [-0.25, -0.2) is 11.1 Å². The number of anilines is 3. The molecule has 0 spiro atoms. The predicted octanol–water partition coefficient (Wildman–Crippen LogP) is 15.5. The van der Waals surface area contributed by atoms with Gasteiger partial charge in [0.15, 0.2) is 11.2 Å². The summed E-state index contributed by atoms with van der Waals surface area (Å²) in [6.45, 7) is 0. The van der Waals surface area contributed by atoms with Gasteiger partial charge in [0.25, 0.3) is 0 Å². The molecule has 274 valence electrons. The molecule has 0 atom stereocenters. The summed E-state index contributed by atoms with van der Waals surface area (Å²) in [6.07, 6.45) is 0. The van der Waals surface area contributed by atoms with E-state index in [2.05, 4.69) is 150 Å². The maximum atomic E-state index is 6.66. The van der Waals surface area contributed by atoms with Crippen molar-refractivity contribution in [3.63, 3.8) is 0 Å². The summed E-state index contributed by atoms with van der Waals surface area (Å²) in [6, 6.07) is 72.1. The van der Waals surface area contributed by atoms with Gasteiger partial charge in [-0.1, -0.05) is 91.0 Å². The molecule has 12 rings (SSSR count). The quantitative estimate of drug-likeness (QED) is 0.156. The zero-order chi connectivity index (χ0) is 38.2. The molecule has 0 N–H and O–H groups in total. The molecule has 12 aromatic rings. The molecule has 0 saturated heterocycles. The molecule has 0 fully saturated rings. The first-order valence-electron chi connectivity index (χ1n) is 19.4. The molecule has 4 nitrogen and oxygen atoms in total. The van der Waals surface area contributed by atoms with Crippen LogP contribution in [0.3, 0.4) is 0 Å². The van der Waals surface area contributed by atoms with E-state index in [1.54, 1.807) is 0 Å². The van der Waals surface area contributed by atoms with Crippen molar-refractivity contribution in [1.29, 1.82) is 0 Å². The Labute approximate surface area is 363 Å². The smallest absolute Gasteiger partial charge is 0.456 e. The molecule has 59 heavy (non-hydrogen) atoms. The van der Waals surface area contributed by atoms with Crippen LogP contribution in [0.5, 0.6) is 0 Å². The molecule has 0 amide bonds. The van der Waals surface area contributed by atoms with Crippen LogP contribution in [0.15, 0.2) is 201 Å². The minimum Gasteiger partial charge on any atom is -0.456 e. The third-order valence-electron chi connectivity index (χ3n) is 11.3. The number of furan rings is 3. The fraction of sp³-hybridized carbons (Fsp3) is 0. The number of nitrogens with zero attached hydrogens (tertiary/aromatic N) is 1. The van der Waals surface area contributed by atoms with Gasteiger partial charge in [-0.3, -0.25) is 0 Å². The van der Waals surface area contributed by atoms with E-state index in [9.17, 15) is 0 Å². The molecular weight excluding hydrogens is 949 g/mol. The van der Waals surface area contributed by atoms with Crippen LogP contribution in [-0.2, 0) is 0 Å². The Balaban J connectivity index is 0.00000397. The van der Waals surface area contributed by atoms with Crippen LogP contribution >= 0.6 is 0 Å². The van der Waals surface area contributed by atoms with Crippen LogP contribution in [0.4, 0.5) is 17.1 Å². The predicted molar refractivity (Wildman–Crippen MR) is 237 cm³/mol. The Morgan fingerprint density at radius 1 is 0.373 bits per heavy atom. The fourth-order valence-electron chi connectivity index (χ4n) is 8.63. The van der Waals surface area contributed by atoms with E-state index in [1.807, 2.05) is 54.6 Å². The van der Waals surface area contributed by atoms with Gasteiger partial charge in [-0.15, -0.1) is 18.2 Å². The van der Waals surface area contributed by atoms with Crippen LogP contribution in [-0.4, -0.2) is 0 Å². The average molecular weight is 980 g/mol. The first-order valence-corrected chi connectivity index (χ1v) is 19.4. The number of fused-ring (bicyclic) bond motifs is 10. The Bertz CT molecular complexity index is 3510. The summed E-state index contributed by atoms with van der Waals surface area (Å²) in [7, 11) is 0. The van der Waals surface area contributed by atoms with Gasteiger partial charge in [0.1, 0.15) is 22.3 Å². The van der Waals surface area contributed by atoms with E-state index in [0.717, 1.165) is 116 Å². The summed E-state index contributed by atoms with van der Waals surface area (Å²) >= 11 is 0. The van der Waals surface area contributed by atoms with Crippen molar-refractivity contribution < 1.29 is 44.4 Å². The van der Waals surface area contributed by atoms with E-state index >= 15 is 0 Å². The molecule has 0 saturated carbocycles. The first-order chi connectivity index (χ1) is 28.7. The van der Waals surface area contributed by atoms with Gasteiger partial charge < -0.3 is 18.2 Å². The molecular formula is C54H31NO3U. The van der Waals surface area contributed by atoms with Gasteiger partial charge >= 0.3 is 31.1 Å². The first kappa shape index (κ1) is 35.4. The van der Waals surface area contributed by atoms with Crippen LogP contribution in [0.1, 0.15) is 0 Å². The third-order valence-corrected chi connectivity index (χ3v) is 11.3. The minimum atomic E-state index is 0. The van der Waals surface area contributed by atoms with Crippen LogP contribution in [0.2, 0.25) is 0 Å². The summed E-state index contributed by atoms with van der Waals surface area (Å²) in [5.41, 5.74) is 14.1. The zero-order valence-electron chi connectivity index (χ0n) is 31.6. The number of para-hydroxylation sites is 3. The van der Waals surface area contributed by atoms with E-state index in [4.69, 9.17) is 13.3 Å². The second-order valence-electron chi connectivity index (χ2n) is 14.6. The molecule has 0 aliphatic rings. The summed E-state index contributed by atoms with van der Waals surface area (Å²) in [5, 5.41) is 6.33. The van der Waals surface area contributed by atoms with Gasteiger partial charge in [0.05, 0.1) is 0 Å². The largest absolute Gasteiger partial charge is 2.00 e. The Morgan fingerprint density at radius 3 is 1.75 bits per heavy atom. The SMILES string of the molecule is [U+2].[c-]1ccccc1-c1[c-]cc(N(c2ccc(-c3cc4c5ccccc5oc4c4oc5ccccc5c34)c(-c3ccccc3)c2)c2ccc3c(c2)oc2ccccc23)cc1. The van der Waals surface area contributed by atoms with Crippen molar-refractivity contribution in [1.82, 2.24) is 0 Å². The van der Waals surface area contributed by atoms with E-state index in [1.165, 1.54) is 0 Å². The van der Waals surface area contributed by atoms with Crippen molar-refractivity contribution in [2.24, 2.45) is 0 Å². The maximum absolute atomic E-state index is 6.66. The second-order valence-corrected chi connectivity index (χ2v) is 14.6. The van der Waals surface area contributed by atoms with Crippen molar-refractivity contribution in [2.45, 2.75) is 0 Å². The molecule has 0 radical (unpaired) electrons. The molecule has 0 bridgehead atoms. The van der Waals surface area contributed by atoms with Gasteiger partial charge in [-0.05, 0) is 76.5 Å². The van der Waals surface area contributed by atoms with Crippen molar-refractivity contribution in [2.75, 3.05) is 4.90 Å². The Kier molecular flexibility index (Phi) is 8.55. The molecule has 9 aromatic carbocycles. The number of hydrogen-bond acceptors (Lipinski definition) is 4. The number of rotatable bonds is 6. The average Bonchev–Trinajstić information content (AvgIpc) is 3.99. The van der Waals surface area contributed by atoms with Gasteiger partial charge in [0, 0.05) is 49.8 Å². The number of benzene rings is 9. The molecule has 5 heteroatoms. The van der Waals surface area contributed by atoms with Crippen LogP contribution in [0, 0.1) is 43.2 Å². The Hall–Kier alpha value is -6.77. The van der Waals surface area contributed by atoms with Crippen molar-refractivity contribution in [3.05, 3.63) is 200 Å². The van der Waals surface area contributed by atoms with E-state index < -0.39 is 0 Å². The Morgan fingerprint density at radius 2 is 0.983 bits per heavy atom. The maximum Gasteiger partial charge on any atom is 2.00 e. The fourth-order valence-corrected chi connectivity index (χ4v) is 8.63. The van der Waals surface area contributed by atoms with E-state index in [-0.39, 0.29) is 31.1 Å². The van der Waals surface area contributed by atoms with Crippen LogP contribution in [0.25, 0.3) is 99.2 Å². The molecule has 0 aliphatic heterocycles. The molecule has 3 heterocycles. The topological polar surface area (TPSA) is 42.7 Å². The third kappa shape index (κ3) is 5.81. The summed E-state index contributed by atoms with van der Waals surface area (Å²) < 4.78 is 19.6. The minimum absolute atomic E-state index is 0. The molecule has 3 aromatic heterocycles. The monoisotopic (exact) mass is 979 g/mol. The summed E-state index contributed by atoms with van der Waals surface area (Å²) in [5.74, 6) is 0. The molecule has 0 aliphatic carbocycles. The van der Waals surface area contributed by atoms with Gasteiger partial charge in [-0.2, -0.15) is 36.4 Å². The molecule has 0 unspecified atom stereocenters. The van der Waals surface area contributed by atoms with Crippen LogP contribution < -0.4 is 4.90 Å². The second kappa shape index (κ2) is 14.3. The standard InChI is InChI=1S/C54H31NO3.U/c1-3-13-34(14-4-1)35-23-25-37(26-24-35)55(39-28-30-43-41-17-7-10-20-48(41)56-51(43)32-39)38-27-29-40(45(31-38)36-15-5-2-6-16-36)46-33-47-42-18-8-11-21-49(42)57-53(47)54-52(46)44-19-9-12-22-50(44)58-54;/h1-13,15-23,25-33H;/q-2;+2. The van der Waals surface area contributed by atoms with E-state index in [0.29, 0.717) is 0 Å². The summed E-state index contributed by atoms with van der Waals surface area (Å²) in [4.78, 5) is 2.29.